The summed E-state index contributed by atoms with van der Waals surface area (Å²) in [6, 6.07) is 6.14. The minimum atomic E-state index is 0.129. The van der Waals surface area contributed by atoms with Crippen LogP contribution in [-0.4, -0.2) is 23.4 Å². The summed E-state index contributed by atoms with van der Waals surface area (Å²) < 4.78 is 1.83. The summed E-state index contributed by atoms with van der Waals surface area (Å²) in [5, 5.41) is 0. The van der Waals surface area contributed by atoms with Gasteiger partial charge < -0.3 is 4.90 Å². The molecule has 1 fully saturated rings. The van der Waals surface area contributed by atoms with E-state index >= 15 is 0 Å². The van der Waals surface area contributed by atoms with Crippen molar-refractivity contribution in [1.82, 2.24) is 4.90 Å². The molecule has 1 amide bonds. The Morgan fingerprint density at radius 1 is 1.44 bits per heavy atom. The van der Waals surface area contributed by atoms with Crippen LogP contribution in [0.1, 0.15) is 30.1 Å². The monoisotopic (exact) mass is 345 g/mol. The lowest BCUT2D eigenvalue weighted by molar-refractivity contribution is 0.0751. The van der Waals surface area contributed by atoms with Gasteiger partial charge in [-0.2, -0.15) is 0 Å². The molecule has 0 bridgehead atoms. The normalized spacial score (nSPS) is 14.9. The van der Waals surface area contributed by atoms with E-state index in [4.69, 9.17) is 0 Å². The molecule has 0 aromatic heterocycles. The van der Waals surface area contributed by atoms with Crippen LogP contribution in [0.5, 0.6) is 0 Å². The maximum absolute atomic E-state index is 12.3. The summed E-state index contributed by atoms with van der Waals surface area (Å²) in [7, 11) is 0. The van der Waals surface area contributed by atoms with Crippen LogP contribution in [0.2, 0.25) is 0 Å². The van der Waals surface area contributed by atoms with E-state index in [1.165, 1.54) is 0 Å². The van der Waals surface area contributed by atoms with E-state index in [-0.39, 0.29) is 5.91 Å². The molecule has 1 aromatic carbocycles. The summed E-state index contributed by atoms with van der Waals surface area (Å²) in [5.74, 6) is 0.129. The molecule has 0 radical (unpaired) electrons. The van der Waals surface area contributed by atoms with Gasteiger partial charge in [0.2, 0.25) is 0 Å². The van der Waals surface area contributed by atoms with E-state index in [0.717, 1.165) is 33.9 Å². The van der Waals surface area contributed by atoms with E-state index in [1.54, 1.807) is 0 Å². The predicted octanol–water partition coefficient (Wildman–Crippen LogP) is 3.84. The van der Waals surface area contributed by atoms with E-state index < -0.39 is 0 Å². The standard InChI is InChI=1S/C12H13Br2NO/c1-2-15(9-4-5-9)12(16)10-6-3-8(13)7-11(10)14/h3,6-7,9H,2,4-5H2,1H3. The second kappa shape index (κ2) is 4.88. The fraction of sp³-hybridized carbons (Fsp3) is 0.417. The van der Waals surface area contributed by atoms with Crippen LogP contribution >= 0.6 is 31.9 Å². The lowest BCUT2D eigenvalue weighted by atomic mass is 10.2. The van der Waals surface area contributed by atoms with Crippen LogP contribution in [0.25, 0.3) is 0 Å². The van der Waals surface area contributed by atoms with Crippen LogP contribution in [0.3, 0.4) is 0 Å². The molecule has 1 aliphatic rings. The number of hydrogen-bond donors (Lipinski definition) is 0. The third-order valence-corrected chi connectivity index (χ3v) is 3.90. The number of halogens is 2. The summed E-state index contributed by atoms with van der Waals surface area (Å²) in [4.78, 5) is 14.2. The molecule has 2 rings (SSSR count). The molecular weight excluding hydrogens is 334 g/mol. The zero-order valence-corrected chi connectivity index (χ0v) is 12.2. The lowest BCUT2D eigenvalue weighted by Crippen LogP contribution is -2.33. The molecule has 86 valence electrons. The van der Waals surface area contributed by atoms with Crippen molar-refractivity contribution in [1.29, 1.82) is 0 Å². The highest BCUT2D eigenvalue weighted by Crippen LogP contribution is 2.30. The largest absolute Gasteiger partial charge is 0.336 e. The molecule has 0 atom stereocenters. The number of amides is 1. The van der Waals surface area contributed by atoms with Gasteiger partial charge in [0.25, 0.3) is 5.91 Å². The van der Waals surface area contributed by atoms with Crippen molar-refractivity contribution in [3.8, 4) is 0 Å². The smallest absolute Gasteiger partial charge is 0.255 e. The predicted molar refractivity (Wildman–Crippen MR) is 71.6 cm³/mol. The average Bonchev–Trinajstić information content (AvgIpc) is 3.02. The molecule has 0 unspecified atom stereocenters. The first-order chi connectivity index (χ1) is 7.63. The fourth-order valence-electron chi connectivity index (χ4n) is 1.77. The highest BCUT2D eigenvalue weighted by Gasteiger charge is 2.32. The summed E-state index contributed by atoms with van der Waals surface area (Å²) in [5.41, 5.74) is 0.747. The highest BCUT2D eigenvalue weighted by atomic mass is 79.9. The second-order valence-electron chi connectivity index (χ2n) is 3.95. The van der Waals surface area contributed by atoms with Crippen molar-refractivity contribution in [3.05, 3.63) is 32.7 Å². The van der Waals surface area contributed by atoms with Crippen LogP contribution in [0.15, 0.2) is 27.1 Å². The maximum Gasteiger partial charge on any atom is 0.255 e. The van der Waals surface area contributed by atoms with E-state index in [0.29, 0.717) is 6.04 Å². The molecule has 4 heteroatoms. The molecule has 16 heavy (non-hydrogen) atoms. The van der Waals surface area contributed by atoms with Gasteiger partial charge in [-0.1, -0.05) is 15.9 Å². The Balaban J connectivity index is 2.25. The molecule has 1 saturated carbocycles. The molecule has 0 saturated heterocycles. The van der Waals surface area contributed by atoms with Gasteiger partial charge >= 0.3 is 0 Å². The Bertz CT molecular complexity index is 415. The zero-order valence-electron chi connectivity index (χ0n) is 9.04. The van der Waals surface area contributed by atoms with Crippen LogP contribution < -0.4 is 0 Å². The van der Waals surface area contributed by atoms with Gasteiger partial charge in [-0.25, -0.2) is 0 Å². The molecule has 0 spiro atoms. The van der Waals surface area contributed by atoms with Gasteiger partial charge in [-0.3, -0.25) is 4.79 Å². The van der Waals surface area contributed by atoms with Gasteiger partial charge in [0.1, 0.15) is 0 Å². The van der Waals surface area contributed by atoms with Gasteiger partial charge in [-0.05, 0) is 53.9 Å². The van der Waals surface area contributed by atoms with Crippen LogP contribution in [0, 0.1) is 0 Å². The highest BCUT2D eigenvalue weighted by molar-refractivity contribution is 9.11. The Morgan fingerprint density at radius 3 is 2.62 bits per heavy atom. The Hall–Kier alpha value is -0.350. The summed E-state index contributed by atoms with van der Waals surface area (Å²) >= 11 is 6.82. The number of nitrogens with zero attached hydrogens (tertiary/aromatic N) is 1. The van der Waals surface area contributed by atoms with E-state index in [2.05, 4.69) is 31.9 Å². The third kappa shape index (κ3) is 2.48. The minimum absolute atomic E-state index is 0.129. The third-order valence-electron chi connectivity index (χ3n) is 2.75. The Kier molecular flexibility index (Phi) is 3.70. The number of carbonyl (C=O) groups excluding carboxylic acids is 1. The lowest BCUT2D eigenvalue weighted by Gasteiger charge is -2.21. The van der Waals surface area contributed by atoms with Gasteiger partial charge in [0.15, 0.2) is 0 Å². The molecule has 2 nitrogen and oxygen atoms in total. The Labute approximate surface area is 112 Å². The van der Waals surface area contributed by atoms with Crippen molar-refractivity contribution in [2.45, 2.75) is 25.8 Å². The van der Waals surface area contributed by atoms with Crippen molar-refractivity contribution < 1.29 is 4.79 Å². The molecule has 0 aliphatic heterocycles. The SMILES string of the molecule is CCN(C(=O)c1ccc(Br)cc1Br)C1CC1. The van der Waals surface area contributed by atoms with Crippen LogP contribution in [-0.2, 0) is 0 Å². The topological polar surface area (TPSA) is 20.3 Å². The average molecular weight is 347 g/mol. The maximum atomic E-state index is 12.3. The van der Waals surface area contributed by atoms with Gasteiger partial charge in [0, 0.05) is 21.5 Å². The number of rotatable bonds is 3. The number of hydrogen-bond acceptors (Lipinski definition) is 1. The Morgan fingerprint density at radius 2 is 2.12 bits per heavy atom. The van der Waals surface area contributed by atoms with E-state index in [9.17, 15) is 4.79 Å². The number of carbonyl (C=O) groups is 1. The van der Waals surface area contributed by atoms with Crippen molar-refractivity contribution in [3.63, 3.8) is 0 Å². The molecule has 0 N–H and O–H groups in total. The summed E-state index contributed by atoms with van der Waals surface area (Å²) in [6.45, 7) is 2.81. The van der Waals surface area contributed by atoms with Crippen molar-refractivity contribution in [2.24, 2.45) is 0 Å². The first kappa shape index (κ1) is 12.1. The zero-order chi connectivity index (χ0) is 11.7. The molecule has 0 heterocycles. The molecule has 1 aromatic rings. The first-order valence-electron chi connectivity index (χ1n) is 5.39. The van der Waals surface area contributed by atoms with Gasteiger partial charge in [0.05, 0.1) is 5.56 Å². The fourth-order valence-corrected chi connectivity index (χ4v) is 2.99. The minimum Gasteiger partial charge on any atom is -0.336 e. The van der Waals surface area contributed by atoms with E-state index in [1.807, 2.05) is 30.0 Å². The summed E-state index contributed by atoms with van der Waals surface area (Å²) in [6.07, 6.45) is 2.29. The second-order valence-corrected chi connectivity index (χ2v) is 5.72. The quantitative estimate of drug-likeness (QED) is 0.814. The van der Waals surface area contributed by atoms with Crippen LogP contribution in [0.4, 0.5) is 0 Å². The first-order valence-corrected chi connectivity index (χ1v) is 6.98. The van der Waals surface area contributed by atoms with Crippen molar-refractivity contribution >= 4 is 37.8 Å². The van der Waals surface area contributed by atoms with Gasteiger partial charge in [-0.15, -0.1) is 0 Å². The molecule has 1 aliphatic carbocycles. The molecular formula is C12H13Br2NO. The number of benzene rings is 1. The van der Waals surface area contributed by atoms with Crippen molar-refractivity contribution in [2.75, 3.05) is 6.54 Å².